The molecule has 0 saturated carbocycles. The van der Waals surface area contributed by atoms with E-state index < -0.39 is 0 Å². The van der Waals surface area contributed by atoms with Crippen molar-refractivity contribution in [2.75, 3.05) is 26.3 Å². The molecule has 1 amide bonds. The lowest BCUT2D eigenvalue weighted by molar-refractivity contribution is -0.135. The molecule has 1 fully saturated rings. The van der Waals surface area contributed by atoms with Gasteiger partial charge in [-0.2, -0.15) is 9.78 Å². The summed E-state index contributed by atoms with van der Waals surface area (Å²) in [5.41, 5.74) is 3.20. The molecule has 0 radical (unpaired) electrons. The summed E-state index contributed by atoms with van der Waals surface area (Å²) in [5.74, 6) is 0.740. The summed E-state index contributed by atoms with van der Waals surface area (Å²) in [4.78, 5) is 33.3. The van der Waals surface area contributed by atoms with Crippen LogP contribution in [0, 0.1) is 6.92 Å². The van der Waals surface area contributed by atoms with Crippen molar-refractivity contribution in [3.05, 3.63) is 74.4 Å². The summed E-state index contributed by atoms with van der Waals surface area (Å²) >= 11 is 3.46. The quantitative estimate of drug-likeness (QED) is 0.319. The van der Waals surface area contributed by atoms with Crippen molar-refractivity contribution in [1.82, 2.24) is 19.1 Å². The van der Waals surface area contributed by atoms with E-state index in [2.05, 4.69) is 22.9 Å². The zero-order valence-corrected chi connectivity index (χ0v) is 22.9. The average molecular weight is 564 g/mol. The van der Waals surface area contributed by atoms with Crippen LogP contribution in [0.25, 0.3) is 21.8 Å². The monoisotopic (exact) mass is 563 g/mol. The number of halogens is 1. The van der Waals surface area contributed by atoms with E-state index in [9.17, 15) is 9.59 Å². The van der Waals surface area contributed by atoms with Crippen LogP contribution >= 0.6 is 15.9 Å². The molecule has 8 nitrogen and oxygen atoms in total. The molecule has 192 valence electrons. The third kappa shape index (κ3) is 4.85. The van der Waals surface area contributed by atoms with E-state index in [1.54, 1.807) is 12.3 Å². The number of nitrogens with zero attached hydrogens (tertiary/aromatic N) is 5. The molecule has 0 N–H and O–H groups in total. The van der Waals surface area contributed by atoms with Crippen LogP contribution in [0.3, 0.4) is 0 Å². The van der Waals surface area contributed by atoms with Gasteiger partial charge < -0.3 is 14.2 Å². The van der Waals surface area contributed by atoms with Crippen LogP contribution in [0.1, 0.15) is 43.3 Å². The van der Waals surface area contributed by atoms with Gasteiger partial charge in [-0.3, -0.25) is 9.59 Å². The number of carbonyl (C=O) groups is 1. The number of amides is 1. The fourth-order valence-corrected chi connectivity index (χ4v) is 5.13. The second-order valence-electron chi connectivity index (χ2n) is 9.40. The summed E-state index contributed by atoms with van der Waals surface area (Å²) in [6.45, 7) is 8.70. The fourth-order valence-electron chi connectivity index (χ4n) is 4.77. The Labute approximate surface area is 223 Å². The van der Waals surface area contributed by atoms with E-state index >= 15 is 0 Å². The molecule has 37 heavy (non-hydrogen) atoms. The highest BCUT2D eigenvalue weighted by Crippen LogP contribution is 2.26. The second kappa shape index (κ2) is 10.6. The number of hydrogen-bond donors (Lipinski definition) is 0. The first-order valence-corrected chi connectivity index (χ1v) is 13.4. The predicted molar refractivity (Wildman–Crippen MR) is 149 cm³/mol. The summed E-state index contributed by atoms with van der Waals surface area (Å²) in [6, 6.07) is 13.5. The Hall–Kier alpha value is -3.30. The molecule has 5 rings (SSSR count). The van der Waals surface area contributed by atoms with Gasteiger partial charge in [-0.15, -0.1) is 0 Å². The van der Waals surface area contributed by atoms with Gasteiger partial charge >= 0.3 is 0 Å². The van der Waals surface area contributed by atoms with Crippen molar-refractivity contribution in [3.8, 4) is 0 Å². The molecule has 9 heteroatoms. The lowest BCUT2D eigenvalue weighted by Crippen LogP contribution is -2.42. The zero-order chi connectivity index (χ0) is 26.1. The number of rotatable bonds is 6. The van der Waals surface area contributed by atoms with Crippen molar-refractivity contribution in [1.29, 1.82) is 0 Å². The first kappa shape index (κ1) is 25.4. The Bertz CT molecular complexity index is 1570. The van der Waals surface area contributed by atoms with Crippen LogP contribution in [0.5, 0.6) is 0 Å². The second-order valence-corrected chi connectivity index (χ2v) is 10.3. The molecule has 0 bridgehead atoms. The maximum absolute atomic E-state index is 13.5. The summed E-state index contributed by atoms with van der Waals surface area (Å²) in [7, 11) is 0. The average Bonchev–Trinajstić information content (AvgIpc) is 3.18. The molecule has 1 aliphatic rings. The van der Waals surface area contributed by atoms with Crippen molar-refractivity contribution in [2.24, 2.45) is 5.10 Å². The Morgan fingerprint density at radius 3 is 2.70 bits per heavy atom. The van der Waals surface area contributed by atoms with Crippen LogP contribution in [-0.2, 0) is 16.1 Å². The number of carbonyl (C=O) groups excluding carboxylic acids is 1. The van der Waals surface area contributed by atoms with Crippen LogP contribution in [0.2, 0.25) is 0 Å². The van der Waals surface area contributed by atoms with Crippen LogP contribution < -0.4 is 5.56 Å². The van der Waals surface area contributed by atoms with Gasteiger partial charge in [0.05, 0.1) is 30.3 Å². The SMILES string of the molecule is CC[C@H](C)c1nc2ccc(Br)cc2c(=O)n1N=Cc1c(C)n(CC(=O)N2CCOCC2)c2ccccc12. The lowest BCUT2D eigenvalue weighted by atomic mass is 10.1. The number of fused-ring (bicyclic) bond motifs is 2. The molecular weight excluding hydrogens is 534 g/mol. The summed E-state index contributed by atoms with van der Waals surface area (Å²) in [5, 5.41) is 6.18. The van der Waals surface area contributed by atoms with E-state index in [1.807, 2.05) is 59.7 Å². The van der Waals surface area contributed by atoms with Crippen molar-refractivity contribution < 1.29 is 9.53 Å². The lowest BCUT2D eigenvalue weighted by Gasteiger charge is -2.27. The third-order valence-electron chi connectivity index (χ3n) is 7.13. The maximum Gasteiger partial charge on any atom is 0.282 e. The predicted octanol–water partition coefficient (Wildman–Crippen LogP) is 4.68. The fraction of sp³-hybridized carbons (Fsp3) is 0.357. The highest BCUT2D eigenvalue weighted by atomic mass is 79.9. The van der Waals surface area contributed by atoms with Gasteiger partial charge in [-0.1, -0.05) is 48.0 Å². The zero-order valence-electron chi connectivity index (χ0n) is 21.3. The molecule has 0 unspecified atom stereocenters. The number of para-hydroxylation sites is 1. The van der Waals surface area contributed by atoms with E-state index in [4.69, 9.17) is 14.8 Å². The standard InChI is InChI=1S/C28H30BrN5O3/c1-4-18(2)27-31-24-10-9-20(29)15-22(24)28(36)34(27)30-16-23-19(3)33(25-8-6-5-7-21(23)25)17-26(35)32-11-13-37-14-12-32/h5-10,15-16,18H,4,11-14,17H2,1-3H3/t18-/m0/s1. The van der Waals surface area contributed by atoms with Crippen LogP contribution in [0.4, 0.5) is 0 Å². The number of benzene rings is 2. The van der Waals surface area contributed by atoms with Crippen molar-refractivity contribution in [3.63, 3.8) is 0 Å². The smallest absolute Gasteiger partial charge is 0.282 e. The normalized spacial score (nSPS) is 15.2. The molecule has 1 saturated heterocycles. The first-order chi connectivity index (χ1) is 17.9. The number of hydrogen-bond acceptors (Lipinski definition) is 5. The number of morpholine rings is 1. The van der Waals surface area contributed by atoms with Gasteiger partial charge in [0, 0.05) is 45.6 Å². The maximum atomic E-state index is 13.5. The largest absolute Gasteiger partial charge is 0.378 e. The van der Waals surface area contributed by atoms with Crippen LogP contribution in [0.15, 0.2) is 56.8 Å². The summed E-state index contributed by atoms with van der Waals surface area (Å²) < 4.78 is 9.66. The van der Waals surface area contributed by atoms with Gasteiger partial charge in [-0.05, 0) is 37.6 Å². The third-order valence-corrected chi connectivity index (χ3v) is 7.62. The molecule has 4 aromatic rings. The van der Waals surface area contributed by atoms with E-state index in [0.29, 0.717) is 43.0 Å². The molecule has 2 aromatic heterocycles. The Kier molecular flexibility index (Phi) is 7.26. The molecule has 1 atom stereocenters. The first-order valence-electron chi connectivity index (χ1n) is 12.6. The molecule has 0 aliphatic carbocycles. The molecule has 1 aliphatic heterocycles. The van der Waals surface area contributed by atoms with E-state index in [0.717, 1.165) is 33.1 Å². The Morgan fingerprint density at radius 1 is 1.19 bits per heavy atom. The van der Waals surface area contributed by atoms with Gasteiger partial charge in [0.2, 0.25) is 5.91 Å². The van der Waals surface area contributed by atoms with Crippen LogP contribution in [-0.4, -0.2) is 57.6 Å². The van der Waals surface area contributed by atoms with Gasteiger partial charge in [0.25, 0.3) is 5.56 Å². The minimum Gasteiger partial charge on any atom is -0.378 e. The van der Waals surface area contributed by atoms with Gasteiger partial charge in [0.15, 0.2) is 0 Å². The van der Waals surface area contributed by atoms with Crippen molar-refractivity contribution in [2.45, 2.75) is 39.7 Å². The molecule has 3 heterocycles. The highest BCUT2D eigenvalue weighted by Gasteiger charge is 2.21. The number of aromatic nitrogens is 3. The van der Waals surface area contributed by atoms with E-state index in [1.165, 1.54) is 4.68 Å². The summed E-state index contributed by atoms with van der Waals surface area (Å²) in [6.07, 6.45) is 2.55. The molecular formula is C28H30BrN5O3. The molecule has 2 aromatic carbocycles. The van der Waals surface area contributed by atoms with Gasteiger partial charge in [-0.25, -0.2) is 4.98 Å². The van der Waals surface area contributed by atoms with E-state index in [-0.39, 0.29) is 23.9 Å². The van der Waals surface area contributed by atoms with Crippen molar-refractivity contribution >= 4 is 49.9 Å². The Balaban J connectivity index is 1.60. The Morgan fingerprint density at radius 2 is 1.95 bits per heavy atom. The number of ether oxygens (including phenoxy) is 1. The molecule has 0 spiro atoms. The highest BCUT2D eigenvalue weighted by molar-refractivity contribution is 9.10. The minimum absolute atomic E-state index is 0.0477. The topological polar surface area (TPSA) is 81.7 Å². The minimum atomic E-state index is -0.207. The van der Waals surface area contributed by atoms with Gasteiger partial charge in [0.1, 0.15) is 12.4 Å².